The van der Waals surface area contributed by atoms with Gasteiger partial charge in [0.25, 0.3) is 0 Å². The summed E-state index contributed by atoms with van der Waals surface area (Å²) in [5, 5.41) is 9.45. The Kier molecular flexibility index (Phi) is 6.72. The van der Waals surface area contributed by atoms with Crippen LogP contribution < -0.4 is 4.72 Å². The van der Waals surface area contributed by atoms with Gasteiger partial charge in [-0.1, -0.05) is 35.2 Å². The van der Waals surface area contributed by atoms with Gasteiger partial charge in [0, 0.05) is 25.0 Å². The third-order valence-corrected chi connectivity index (χ3v) is 5.79. The van der Waals surface area contributed by atoms with E-state index >= 15 is 0 Å². The lowest BCUT2D eigenvalue weighted by atomic mass is 10.1. The zero-order chi connectivity index (χ0) is 16.9. The van der Waals surface area contributed by atoms with E-state index in [-0.39, 0.29) is 12.5 Å². The molecule has 23 heavy (non-hydrogen) atoms. The Morgan fingerprint density at radius 1 is 1.39 bits per heavy atom. The Labute approximate surface area is 141 Å². The van der Waals surface area contributed by atoms with Gasteiger partial charge >= 0.3 is 5.97 Å². The van der Waals surface area contributed by atoms with Gasteiger partial charge in [-0.25, -0.2) is 0 Å². The van der Waals surface area contributed by atoms with E-state index in [2.05, 4.69) is 4.72 Å². The van der Waals surface area contributed by atoms with Crippen LogP contribution in [0.5, 0.6) is 0 Å². The number of carbonyl (C=O) groups excluding carboxylic acids is 1. The first-order valence-electron chi connectivity index (χ1n) is 7.14. The summed E-state index contributed by atoms with van der Waals surface area (Å²) in [6.45, 7) is 2.34. The molecule has 1 heterocycles. The molecule has 0 aliphatic carbocycles. The van der Waals surface area contributed by atoms with Crippen molar-refractivity contribution in [3.05, 3.63) is 35.4 Å². The molecule has 0 spiro atoms. The number of nitrogens with one attached hydrogen (secondary N) is 1. The number of nitrogens with zero attached hydrogens (tertiary/aromatic N) is 1. The van der Waals surface area contributed by atoms with Gasteiger partial charge in [-0.05, 0) is 11.1 Å². The van der Waals surface area contributed by atoms with E-state index in [9.17, 15) is 19.0 Å². The number of carbonyl (C=O) groups is 1. The van der Waals surface area contributed by atoms with Gasteiger partial charge in [-0.2, -0.15) is 20.8 Å². The number of rotatable bonds is 7. The number of thioether (sulfide) groups is 1. The van der Waals surface area contributed by atoms with Crippen LogP contribution in [0.25, 0.3) is 0 Å². The van der Waals surface area contributed by atoms with Crippen LogP contribution in [0.3, 0.4) is 0 Å². The van der Waals surface area contributed by atoms with Crippen LogP contribution in [0.1, 0.15) is 18.1 Å². The SMILES string of the molecule is CC(=O)OCCSCc1ccc(CN2CC(O)NS2(O)O)cc1. The van der Waals surface area contributed by atoms with Crippen LogP contribution in [-0.2, 0) is 21.8 Å². The van der Waals surface area contributed by atoms with Crippen LogP contribution in [0.15, 0.2) is 24.3 Å². The number of β-amino-alcohol motifs (C(OH)–C–C–N with tert-alkyl or cyclic N) is 1. The molecule has 130 valence electrons. The van der Waals surface area contributed by atoms with E-state index < -0.39 is 17.2 Å². The van der Waals surface area contributed by atoms with E-state index in [4.69, 9.17) is 4.74 Å². The first-order valence-corrected chi connectivity index (χ1v) is 9.80. The van der Waals surface area contributed by atoms with Crippen molar-refractivity contribution in [2.24, 2.45) is 0 Å². The number of hydrogen-bond donors (Lipinski definition) is 4. The summed E-state index contributed by atoms with van der Waals surface area (Å²) in [4.78, 5) is 10.6. The van der Waals surface area contributed by atoms with Crippen molar-refractivity contribution in [3.63, 3.8) is 0 Å². The molecule has 7 nitrogen and oxygen atoms in total. The third kappa shape index (κ3) is 5.96. The predicted molar refractivity (Wildman–Crippen MR) is 91.6 cm³/mol. The Bertz CT molecular complexity index is 526. The molecule has 9 heteroatoms. The van der Waals surface area contributed by atoms with E-state index in [1.807, 2.05) is 24.3 Å². The lowest BCUT2D eigenvalue weighted by molar-refractivity contribution is -0.140. The fourth-order valence-corrected chi connectivity index (χ4v) is 4.17. The molecule has 0 saturated carbocycles. The van der Waals surface area contributed by atoms with Crippen molar-refractivity contribution >= 4 is 28.7 Å². The number of benzene rings is 1. The number of esters is 1. The summed E-state index contributed by atoms with van der Waals surface area (Å²) < 4.78 is 28.3. The molecule has 1 unspecified atom stereocenters. The summed E-state index contributed by atoms with van der Waals surface area (Å²) in [6.07, 6.45) is -0.923. The van der Waals surface area contributed by atoms with E-state index in [1.54, 1.807) is 11.8 Å². The van der Waals surface area contributed by atoms with Gasteiger partial charge in [-0.3, -0.25) is 13.9 Å². The molecular weight excluding hydrogens is 340 g/mol. The number of hydrogen-bond acceptors (Lipinski definition) is 8. The predicted octanol–water partition coefficient (Wildman–Crippen LogP) is 1.79. The van der Waals surface area contributed by atoms with E-state index in [1.165, 1.54) is 11.2 Å². The highest BCUT2D eigenvalue weighted by molar-refractivity contribution is 8.20. The van der Waals surface area contributed by atoms with Crippen LogP contribution in [-0.4, -0.2) is 49.6 Å². The number of ether oxygens (including phenoxy) is 1. The van der Waals surface area contributed by atoms with Crippen molar-refractivity contribution in [2.45, 2.75) is 25.4 Å². The summed E-state index contributed by atoms with van der Waals surface area (Å²) in [5.41, 5.74) is 2.09. The van der Waals surface area contributed by atoms with Crippen molar-refractivity contribution in [2.75, 3.05) is 18.9 Å². The molecule has 0 amide bonds. The number of aliphatic hydroxyl groups is 1. The lowest BCUT2D eigenvalue weighted by Crippen LogP contribution is -2.25. The fraction of sp³-hybridized carbons (Fsp3) is 0.500. The summed E-state index contributed by atoms with van der Waals surface area (Å²) in [5.74, 6) is 1.31. The average molecular weight is 362 g/mol. The zero-order valence-corrected chi connectivity index (χ0v) is 14.5. The van der Waals surface area contributed by atoms with Crippen molar-refractivity contribution in [3.8, 4) is 0 Å². The normalized spacial score (nSPS) is 22.0. The zero-order valence-electron chi connectivity index (χ0n) is 12.8. The van der Waals surface area contributed by atoms with Gasteiger partial charge in [0.2, 0.25) is 0 Å². The molecule has 4 N–H and O–H groups in total. The molecule has 2 rings (SSSR count). The molecule has 1 fully saturated rings. The second-order valence-electron chi connectivity index (χ2n) is 5.18. The second-order valence-corrected chi connectivity index (χ2v) is 8.08. The Morgan fingerprint density at radius 3 is 2.61 bits per heavy atom. The fourth-order valence-electron chi connectivity index (χ4n) is 2.12. The second kappa shape index (κ2) is 8.34. The highest BCUT2D eigenvalue weighted by Gasteiger charge is 2.34. The minimum absolute atomic E-state index is 0.177. The van der Waals surface area contributed by atoms with Crippen LogP contribution in [0, 0.1) is 0 Å². The van der Waals surface area contributed by atoms with Crippen molar-refractivity contribution in [1.82, 2.24) is 9.03 Å². The standard InChI is InChI=1S/C14H22N2O5S2/c1-11(17)21-6-7-22-10-13-4-2-12(3-5-13)8-16-9-14(18)15-23(16,19)20/h2-5,14-15,18-20H,6-10H2,1H3. The van der Waals surface area contributed by atoms with Crippen LogP contribution in [0.4, 0.5) is 0 Å². The molecule has 1 saturated heterocycles. The summed E-state index contributed by atoms with van der Waals surface area (Å²) in [6, 6.07) is 7.84. The topological polar surface area (TPSA) is 102 Å². The highest BCUT2D eigenvalue weighted by Crippen LogP contribution is 2.44. The van der Waals surface area contributed by atoms with Gasteiger partial charge in [0.1, 0.15) is 12.8 Å². The Hall–Kier alpha value is -0.810. The van der Waals surface area contributed by atoms with Gasteiger partial charge < -0.3 is 9.84 Å². The van der Waals surface area contributed by atoms with E-state index in [0.717, 1.165) is 22.6 Å². The average Bonchev–Trinajstić information content (AvgIpc) is 2.72. The molecule has 1 aliphatic rings. The first-order chi connectivity index (χ1) is 10.9. The molecule has 1 atom stereocenters. The van der Waals surface area contributed by atoms with Gasteiger partial charge in [0.05, 0.1) is 6.54 Å². The first kappa shape index (κ1) is 18.5. The maximum atomic E-state index is 10.6. The Morgan fingerprint density at radius 2 is 2.04 bits per heavy atom. The summed E-state index contributed by atoms with van der Waals surface area (Å²) >= 11 is 1.68. The highest BCUT2D eigenvalue weighted by atomic mass is 32.3. The molecule has 0 aromatic heterocycles. The minimum atomic E-state index is -3.08. The molecule has 0 bridgehead atoms. The maximum absolute atomic E-state index is 10.6. The van der Waals surface area contributed by atoms with Gasteiger partial charge in [0.15, 0.2) is 0 Å². The van der Waals surface area contributed by atoms with E-state index in [0.29, 0.717) is 13.2 Å². The monoisotopic (exact) mass is 362 g/mol. The molecule has 0 radical (unpaired) electrons. The third-order valence-electron chi connectivity index (χ3n) is 3.21. The molecule has 1 aliphatic heterocycles. The summed E-state index contributed by atoms with van der Waals surface area (Å²) in [7, 11) is -3.08. The van der Waals surface area contributed by atoms with Gasteiger partial charge in [-0.15, -0.1) is 0 Å². The largest absolute Gasteiger partial charge is 0.465 e. The maximum Gasteiger partial charge on any atom is 0.302 e. The quantitative estimate of drug-likeness (QED) is 0.430. The lowest BCUT2D eigenvalue weighted by Gasteiger charge is -2.35. The minimum Gasteiger partial charge on any atom is -0.465 e. The molecular formula is C14H22N2O5S2. The van der Waals surface area contributed by atoms with Crippen molar-refractivity contribution in [1.29, 1.82) is 0 Å². The van der Waals surface area contributed by atoms with Crippen LogP contribution >= 0.6 is 22.7 Å². The smallest absolute Gasteiger partial charge is 0.302 e. The number of aliphatic hydroxyl groups excluding tert-OH is 1. The molecule has 1 aromatic rings. The van der Waals surface area contributed by atoms with Crippen molar-refractivity contribution < 1.29 is 23.7 Å². The molecule has 1 aromatic carbocycles. The Balaban J connectivity index is 1.77. The van der Waals surface area contributed by atoms with Crippen LogP contribution in [0.2, 0.25) is 0 Å².